The summed E-state index contributed by atoms with van der Waals surface area (Å²) in [5.41, 5.74) is 2.57. The minimum atomic E-state index is -1.02. The number of rotatable bonds is 8. The van der Waals surface area contributed by atoms with Crippen LogP contribution in [-0.2, 0) is 32.1 Å². The van der Waals surface area contributed by atoms with Gasteiger partial charge in [-0.2, -0.15) is 0 Å². The van der Waals surface area contributed by atoms with Gasteiger partial charge < -0.3 is 24.7 Å². The lowest BCUT2D eigenvalue weighted by molar-refractivity contribution is -0.152. The van der Waals surface area contributed by atoms with Crippen LogP contribution in [0.25, 0.3) is 10.9 Å². The highest BCUT2D eigenvalue weighted by molar-refractivity contribution is 5.87. The van der Waals surface area contributed by atoms with E-state index in [9.17, 15) is 14.4 Å². The molecule has 0 radical (unpaired) electrons. The van der Waals surface area contributed by atoms with Crippen LogP contribution in [0.2, 0.25) is 0 Å². The van der Waals surface area contributed by atoms with Crippen LogP contribution >= 0.6 is 0 Å². The van der Waals surface area contributed by atoms with Crippen molar-refractivity contribution in [2.24, 2.45) is 0 Å². The number of ether oxygens (including phenoxy) is 2. The zero-order valence-corrected chi connectivity index (χ0v) is 17.5. The molecule has 0 fully saturated rings. The van der Waals surface area contributed by atoms with E-state index in [1.54, 1.807) is 20.3 Å². The molecule has 0 saturated carbocycles. The predicted octanol–water partition coefficient (Wildman–Crippen LogP) is 2.64. The van der Waals surface area contributed by atoms with Gasteiger partial charge in [0, 0.05) is 37.6 Å². The second kappa shape index (κ2) is 10.3. The molecule has 2 amide bonds. The Labute approximate surface area is 180 Å². The summed E-state index contributed by atoms with van der Waals surface area (Å²) in [6, 6.07) is 15.8. The third-order valence-electron chi connectivity index (χ3n) is 4.73. The summed E-state index contributed by atoms with van der Waals surface area (Å²) >= 11 is 0. The first-order valence-corrected chi connectivity index (χ1v) is 9.83. The molecule has 1 aromatic heterocycles. The Morgan fingerprint density at radius 1 is 1.00 bits per heavy atom. The second-order valence-electron chi connectivity index (χ2n) is 7.22. The average molecular weight is 423 g/mol. The minimum absolute atomic E-state index is 0.0701. The molecule has 8 nitrogen and oxygen atoms in total. The number of esters is 1. The van der Waals surface area contributed by atoms with Gasteiger partial charge in [-0.25, -0.2) is 9.59 Å². The minimum Gasteiger partial charge on any atom is -0.454 e. The summed E-state index contributed by atoms with van der Waals surface area (Å²) in [5.74, 6) is -1.07. The quantitative estimate of drug-likeness (QED) is 0.543. The van der Waals surface area contributed by atoms with Crippen LogP contribution in [-0.4, -0.2) is 54.6 Å². The number of amides is 2. The molecule has 0 aliphatic carbocycles. The van der Waals surface area contributed by atoms with Gasteiger partial charge in [0.1, 0.15) is 12.6 Å². The zero-order valence-electron chi connectivity index (χ0n) is 17.5. The van der Waals surface area contributed by atoms with Crippen molar-refractivity contribution in [2.45, 2.75) is 19.1 Å². The molecule has 0 aliphatic rings. The van der Waals surface area contributed by atoms with Crippen LogP contribution in [0.5, 0.6) is 0 Å². The van der Waals surface area contributed by atoms with Gasteiger partial charge in [0.2, 0.25) is 0 Å². The summed E-state index contributed by atoms with van der Waals surface area (Å²) in [5, 5.41) is 3.50. The number of nitrogens with one attached hydrogen (secondary N) is 2. The highest BCUT2D eigenvalue weighted by Gasteiger charge is 2.25. The van der Waals surface area contributed by atoms with Crippen molar-refractivity contribution in [2.75, 3.05) is 20.7 Å². The largest absolute Gasteiger partial charge is 0.454 e. The number of H-pyrrole nitrogens is 1. The zero-order chi connectivity index (χ0) is 22.2. The number of hydrogen-bond acceptors (Lipinski definition) is 5. The Hall–Kier alpha value is -3.81. The average Bonchev–Trinajstić information content (AvgIpc) is 3.19. The van der Waals surface area contributed by atoms with E-state index in [1.807, 2.05) is 54.6 Å². The normalized spacial score (nSPS) is 11.5. The Bertz CT molecular complexity index is 1050. The molecule has 2 aromatic carbocycles. The van der Waals surface area contributed by atoms with Crippen molar-refractivity contribution in [3.63, 3.8) is 0 Å². The van der Waals surface area contributed by atoms with Gasteiger partial charge in [-0.3, -0.25) is 4.79 Å². The molecule has 8 heteroatoms. The smallest absolute Gasteiger partial charge is 0.408 e. The number of hydrogen-bond donors (Lipinski definition) is 2. The molecule has 0 aliphatic heterocycles. The SMILES string of the molecule is CN(C)C(=O)COC(=O)[C@H](Cc1c[nH]c2ccccc12)NC(=O)OCc1ccccc1. The number of likely N-dealkylation sites (N-methyl/N-ethyl adjacent to an activating group) is 1. The fourth-order valence-corrected chi connectivity index (χ4v) is 2.98. The number of carbonyl (C=O) groups is 3. The number of carbonyl (C=O) groups excluding carboxylic acids is 3. The van der Waals surface area contributed by atoms with Gasteiger partial charge >= 0.3 is 12.1 Å². The molecular weight excluding hydrogens is 398 g/mol. The van der Waals surface area contributed by atoms with Crippen LogP contribution < -0.4 is 5.32 Å². The maximum atomic E-state index is 12.7. The summed E-state index contributed by atoms with van der Waals surface area (Å²) in [7, 11) is 3.14. The monoisotopic (exact) mass is 423 g/mol. The molecule has 2 N–H and O–H groups in total. The highest BCUT2D eigenvalue weighted by Crippen LogP contribution is 2.19. The molecule has 3 rings (SSSR count). The van der Waals surface area contributed by atoms with Crippen molar-refractivity contribution < 1.29 is 23.9 Å². The van der Waals surface area contributed by atoms with Crippen LogP contribution in [0.1, 0.15) is 11.1 Å². The van der Waals surface area contributed by atoms with Gasteiger partial charge in [-0.05, 0) is 17.2 Å². The number of fused-ring (bicyclic) bond motifs is 1. The first-order chi connectivity index (χ1) is 14.9. The maximum Gasteiger partial charge on any atom is 0.408 e. The third kappa shape index (κ3) is 6.08. The van der Waals surface area contributed by atoms with Gasteiger partial charge in [-0.15, -0.1) is 0 Å². The van der Waals surface area contributed by atoms with E-state index in [1.165, 1.54) is 4.90 Å². The number of aromatic amines is 1. The Morgan fingerprint density at radius 3 is 2.45 bits per heavy atom. The fourth-order valence-electron chi connectivity index (χ4n) is 2.98. The number of alkyl carbamates (subject to hydrolysis) is 1. The van der Waals surface area contributed by atoms with E-state index < -0.39 is 24.7 Å². The Balaban J connectivity index is 1.69. The number of para-hydroxylation sites is 1. The molecule has 0 unspecified atom stereocenters. The van der Waals surface area contributed by atoms with Crippen molar-refractivity contribution in [1.82, 2.24) is 15.2 Å². The van der Waals surface area contributed by atoms with E-state index in [0.717, 1.165) is 22.0 Å². The summed E-state index contributed by atoms with van der Waals surface area (Å²) in [6.07, 6.45) is 1.22. The first kappa shape index (κ1) is 21.9. The maximum absolute atomic E-state index is 12.7. The van der Waals surface area contributed by atoms with E-state index in [4.69, 9.17) is 9.47 Å². The molecule has 1 heterocycles. The van der Waals surface area contributed by atoms with E-state index in [0.29, 0.717) is 0 Å². The van der Waals surface area contributed by atoms with E-state index >= 15 is 0 Å². The first-order valence-electron chi connectivity index (χ1n) is 9.83. The van der Waals surface area contributed by atoms with Gasteiger partial charge in [0.25, 0.3) is 5.91 Å². The predicted molar refractivity (Wildman–Crippen MR) is 115 cm³/mol. The highest BCUT2D eigenvalue weighted by atomic mass is 16.6. The molecule has 1 atom stereocenters. The molecule has 0 saturated heterocycles. The molecular formula is C23H25N3O5. The number of nitrogens with zero attached hydrogens (tertiary/aromatic N) is 1. The van der Waals surface area contributed by atoms with Crippen LogP contribution in [0, 0.1) is 0 Å². The lowest BCUT2D eigenvalue weighted by Gasteiger charge is -2.18. The molecule has 162 valence electrons. The molecule has 0 spiro atoms. The van der Waals surface area contributed by atoms with Gasteiger partial charge in [0.05, 0.1) is 0 Å². The summed E-state index contributed by atoms with van der Waals surface area (Å²) in [4.78, 5) is 41.3. The third-order valence-corrected chi connectivity index (χ3v) is 4.73. The van der Waals surface area contributed by atoms with Crippen molar-refractivity contribution >= 4 is 28.9 Å². The van der Waals surface area contributed by atoms with Crippen molar-refractivity contribution in [1.29, 1.82) is 0 Å². The lowest BCUT2D eigenvalue weighted by Crippen LogP contribution is -2.44. The molecule has 0 bridgehead atoms. The van der Waals surface area contributed by atoms with Crippen LogP contribution in [0.15, 0.2) is 60.8 Å². The lowest BCUT2D eigenvalue weighted by atomic mass is 10.1. The van der Waals surface area contributed by atoms with Gasteiger partial charge in [0.15, 0.2) is 6.61 Å². The Kier molecular flexibility index (Phi) is 7.26. The molecule has 3 aromatic rings. The van der Waals surface area contributed by atoms with Crippen LogP contribution in [0.3, 0.4) is 0 Å². The summed E-state index contributed by atoms with van der Waals surface area (Å²) < 4.78 is 10.4. The van der Waals surface area contributed by atoms with Crippen LogP contribution in [0.4, 0.5) is 4.79 Å². The van der Waals surface area contributed by atoms with Gasteiger partial charge in [-0.1, -0.05) is 48.5 Å². The second-order valence-corrected chi connectivity index (χ2v) is 7.22. The standard InChI is InChI=1S/C23H25N3O5/c1-26(2)21(27)15-30-22(28)20(12-17-13-24-19-11-7-6-10-18(17)19)25-23(29)31-14-16-8-4-3-5-9-16/h3-11,13,20,24H,12,14-15H2,1-2H3,(H,25,29)/t20-/m0/s1. The molecule has 31 heavy (non-hydrogen) atoms. The number of aromatic nitrogens is 1. The fraction of sp³-hybridized carbons (Fsp3) is 0.261. The topological polar surface area (TPSA) is 101 Å². The number of benzene rings is 2. The van der Waals surface area contributed by atoms with Crippen molar-refractivity contribution in [3.05, 3.63) is 71.9 Å². The summed E-state index contributed by atoms with van der Waals surface area (Å²) in [6.45, 7) is -0.336. The van der Waals surface area contributed by atoms with E-state index in [-0.39, 0.29) is 18.9 Å². The van der Waals surface area contributed by atoms with Crippen molar-refractivity contribution in [3.8, 4) is 0 Å². The Morgan fingerprint density at radius 2 is 1.71 bits per heavy atom. The van der Waals surface area contributed by atoms with E-state index in [2.05, 4.69) is 10.3 Å².